The van der Waals surface area contributed by atoms with Crippen LogP contribution in [-0.2, 0) is 5.75 Å². The van der Waals surface area contributed by atoms with E-state index in [0.29, 0.717) is 21.9 Å². The van der Waals surface area contributed by atoms with Crippen molar-refractivity contribution >= 4 is 23.4 Å². The van der Waals surface area contributed by atoms with Crippen molar-refractivity contribution in [2.45, 2.75) is 10.6 Å². The molecule has 0 unspecified atom stereocenters. The van der Waals surface area contributed by atoms with E-state index in [9.17, 15) is 4.39 Å². The molecule has 0 saturated heterocycles. The Balaban J connectivity index is 2.06. The van der Waals surface area contributed by atoms with Gasteiger partial charge in [-0.2, -0.15) is 0 Å². The molecule has 102 valence electrons. The summed E-state index contributed by atoms with van der Waals surface area (Å²) in [4.78, 5) is 1.00. The van der Waals surface area contributed by atoms with Crippen LogP contribution in [0.15, 0.2) is 47.4 Å². The number of aliphatic hydroxyl groups excluding tert-OH is 1. The van der Waals surface area contributed by atoms with Crippen LogP contribution in [0.4, 0.5) is 4.39 Å². The smallest absolute Gasteiger partial charge is 0.128 e. The minimum absolute atomic E-state index is 0.228. The molecule has 0 aliphatic heterocycles. The highest BCUT2D eigenvalue weighted by Gasteiger charge is 2.04. The van der Waals surface area contributed by atoms with Crippen LogP contribution < -0.4 is 0 Å². The summed E-state index contributed by atoms with van der Waals surface area (Å²) < 4.78 is 13.9. The molecule has 0 radical (unpaired) electrons. The van der Waals surface area contributed by atoms with E-state index < -0.39 is 0 Å². The van der Waals surface area contributed by atoms with Crippen LogP contribution >= 0.6 is 23.4 Å². The average molecular weight is 307 g/mol. The van der Waals surface area contributed by atoms with Gasteiger partial charge in [-0.25, -0.2) is 4.39 Å². The summed E-state index contributed by atoms with van der Waals surface area (Å²) in [5.41, 5.74) is 1.18. The lowest BCUT2D eigenvalue weighted by Gasteiger charge is -2.04. The van der Waals surface area contributed by atoms with E-state index in [1.807, 2.05) is 18.2 Å². The Bertz CT molecular complexity index is 661. The molecule has 0 aliphatic rings. The van der Waals surface area contributed by atoms with E-state index >= 15 is 0 Å². The zero-order valence-corrected chi connectivity index (χ0v) is 12.1. The molecule has 1 N–H and O–H groups in total. The molecule has 0 fully saturated rings. The van der Waals surface area contributed by atoms with E-state index in [4.69, 9.17) is 16.7 Å². The summed E-state index contributed by atoms with van der Waals surface area (Å²) >= 11 is 7.43. The highest BCUT2D eigenvalue weighted by atomic mass is 35.5. The molecule has 0 saturated carbocycles. The third-order valence-corrected chi connectivity index (χ3v) is 3.83. The third-order valence-electron chi connectivity index (χ3n) is 2.56. The summed E-state index contributed by atoms with van der Waals surface area (Å²) in [6.45, 7) is -0.228. The van der Waals surface area contributed by atoms with Gasteiger partial charge in [-0.3, -0.25) is 0 Å². The third kappa shape index (κ3) is 4.28. The summed E-state index contributed by atoms with van der Waals surface area (Å²) in [5.74, 6) is 5.41. The predicted molar refractivity (Wildman–Crippen MR) is 81.4 cm³/mol. The normalized spacial score (nSPS) is 9.95. The topological polar surface area (TPSA) is 20.2 Å². The summed E-state index contributed by atoms with van der Waals surface area (Å²) in [6, 6.07) is 12.3. The Labute approximate surface area is 126 Å². The summed E-state index contributed by atoms with van der Waals surface area (Å²) in [5, 5.41) is 9.27. The fourth-order valence-electron chi connectivity index (χ4n) is 1.60. The molecule has 2 aromatic rings. The zero-order chi connectivity index (χ0) is 14.4. The van der Waals surface area contributed by atoms with E-state index in [2.05, 4.69) is 11.8 Å². The lowest BCUT2D eigenvalue weighted by molar-refractivity contribution is 0.350. The fourth-order valence-corrected chi connectivity index (χ4v) is 2.80. The minimum atomic E-state index is -0.288. The van der Waals surface area contributed by atoms with Gasteiger partial charge in [0.15, 0.2) is 0 Å². The van der Waals surface area contributed by atoms with Crippen LogP contribution in [0.5, 0.6) is 0 Å². The number of aliphatic hydroxyl groups is 1. The molecule has 0 heterocycles. The fraction of sp³-hybridized carbons (Fsp3) is 0.125. The Morgan fingerprint density at radius 1 is 1.20 bits per heavy atom. The molecule has 0 aromatic heterocycles. The second-order valence-electron chi connectivity index (χ2n) is 4.01. The van der Waals surface area contributed by atoms with Gasteiger partial charge in [0.05, 0.1) is 0 Å². The van der Waals surface area contributed by atoms with Gasteiger partial charge in [0.1, 0.15) is 12.4 Å². The van der Waals surface area contributed by atoms with Crippen LogP contribution in [0.2, 0.25) is 5.02 Å². The van der Waals surface area contributed by atoms with Crippen molar-refractivity contribution in [2.75, 3.05) is 6.61 Å². The van der Waals surface area contributed by atoms with Crippen LogP contribution in [0.1, 0.15) is 11.1 Å². The first-order chi connectivity index (χ1) is 9.69. The van der Waals surface area contributed by atoms with Crippen molar-refractivity contribution < 1.29 is 9.50 Å². The van der Waals surface area contributed by atoms with E-state index in [-0.39, 0.29) is 12.4 Å². The first-order valence-electron chi connectivity index (χ1n) is 5.95. The van der Waals surface area contributed by atoms with Crippen molar-refractivity contribution in [3.05, 3.63) is 64.4 Å². The Morgan fingerprint density at radius 3 is 2.75 bits per heavy atom. The van der Waals surface area contributed by atoms with Gasteiger partial charge in [0.2, 0.25) is 0 Å². The maximum absolute atomic E-state index is 13.9. The van der Waals surface area contributed by atoms with E-state index in [1.54, 1.807) is 18.2 Å². The van der Waals surface area contributed by atoms with Gasteiger partial charge in [0.25, 0.3) is 0 Å². The molecule has 2 rings (SSSR count). The molecule has 20 heavy (non-hydrogen) atoms. The maximum Gasteiger partial charge on any atom is 0.128 e. The average Bonchev–Trinajstić information content (AvgIpc) is 2.44. The Hall–Kier alpha value is -1.47. The summed E-state index contributed by atoms with van der Waals surface area (Å²) in [6.07, 6.45) is 0. The van der Waals surface area contributed by atoms with E-state index in [0.717, 1.165) is 4.90 Å². The number of rotatable bonds is 3. The Morgan fingerprint density at radius 2 is 2.05 bits per heavy atom. The molecule has 0 atom stereocenters. The molecular formula is C16H12ClFOS. The van der Waals surface area contributed by atoms with Crippen molar-refractivity contribution in [2.24, 2.45) is 0 Å². The molecule has 2 aromatic carbocycles. The SMILES string of the molecule is OCC#Cc1ccc(CSc2cccc(Cl)c2)c(F)c1. The lowest BCUT2D eigenvalue weighted by Crippen LogP contribution is -1.89. The molecule has 0 amide bonds. The maximum atomic E-state index is 13.9. The largest absolute Gasteiger partial charge is 0.384 e. The quantitative estimate of drug-likeness (QED) is 0.680. The minimum Gasteiger partial charge on any atom is -0.384 e. The van der Waals surface area contributed by atoms with Crippen LogP contribution in [0.25, 0.3) is 0 Å². The van der Waals surface area contributed by atoms with Crippen molar-refractivity contribution in [3.8, 4) is 11.8 Å². The van der Waals surface area contributed by atoms with Crippen LogP contribution in [0.3, 0.4) is 0 Å². The molecule has 0 spiro atoms. The van der Waals surface area contributed by atoms with Crippen molar-refractivity contribution in [3.63, 3.8) is 0 Å². The van der Waals surface area contributed by atoms with Gasteiger partial charge >= 0.3 is 0 Å². The van der Waals surface area contributed by atoms with E-state index in [1.165, 1.54) is 17.8 Å². The van der Waals surface area contributed by atoms with Gasteiger partial charge in [0, 0.05) is 21.2 Å². The highest BCUT2D eigenvalue weighted by Crippen LogP contribution is 2.26. The van der Waals surface area contributed by atoms with Gasteiger partial charge in [-0.1, -0.05) is 35.6 Å². The number of halogens is 2. The lowest BCUT2D eigenvalue weighted by atomic mass is 10.1. The number of hydrogen-bond donors (Lipinski definition) is 1. The van der Waals surface area contributed by atoms with Crippen molar-refractivity contribution in [1.82, 2.24) is 0 Å². The van der Waals surface area contributed by atoms with Crippen LogP contribution in [-0.4, -0.2) is 11.7 Å². The molecule has 0 bridgehead atoms. The van der Waals surface area contributed by atoms with Crippen molar-refractivity contribution in [1.29, 1.82) is 0 Å². The second kappa shape index (κ2) is 7.35. The highest BCUT2D eigenvalue weighted by molar-refractivity contribution is 7.98. The number of hydrogen-bond acceptors (Lipinski definition) is 2. The molecule has 0 aliphatic carbocycles. The second-order valence-corrected chi connectivity index (χ2v) is 5.50. The van der Waals surface area contributed by atoms with Gasteiger partial charge in [-0.05, 0) is 35.9 Å². The zero-order valence-electron chi connectivity index (χ0n) is 10.6. The standard InChI is InChI=1S/C16H12ClFOS/c17-14-4-1-5-15(10-14)20-11-13-7-6-12(3-2-8-19)9-16(13)18/h1,4-7,9-10,19H,8,11H2. The Kier molecular flexibility index (Phi) is 5.49. The first-order valence-corrected chi connectivity index (χ1v) is 7.32. The molecule has 4 heteroatoms. The van der Waals surface area contributed by atoms with Gasteiger partial charge < -0.3 is 5.11 Å². The molecular weight excluding hydrogens is 295 g/mol. The number of thioether (sulfide) groups is 1. The molecule has 1 nitrogen and oxygen atoms in total. The van der Waals surface area contributed by atoms with Gasteiger partial charge in [-0.15, -0.1) is 11.8 Å². The summed E-state index contributed by atoms with van der Waals surface area (Å²) in [7, 11) is 0. The van der Waals surface area contributed by atoms with Crippen LogP contribution in [0, 0.1) is 17.7 Å². The monoisotopic (exact) mass is 306 g/mol. The number of benzene rings is 2. The first kappa shape index (κ1) is 14.9. The predicted octanol–water partition coefficient (Wildman–Crippen LogP) is 4.12.